The number of hydrogen-bond donors (Lipinski definition) is 0. The minimum Gasteiger partial charge on any atom is -0.497 e. The largest absolute Gasteiger partial charge is 0.497 e. The van der Waals surface area contributed by atoms with Crippen molar-refractivity contribution < 1.29 is 19.0 Å². The van der Waals surface area contributed by atoms with Gasteiger partial charge in [-0.05, 0) is 56.9 Å². The van der Waals surface area contributed by atoms with Crippen molar-refractivity contribution in [1.82, 2.24) is 4.90 Å². The maximum absolute atomic E-state index is 12.9. The zero-order valence-electron chi connectivity index (χ0n) is 18.3. The average molecular weight is 437 g/mol. The molecular formula is C23H33ClN2O4. The normalized spacial score (nSPS) is 10.3. The Hall–Kier alpha value is -2.44. The van der Waals surface area contributed by atoms with Gasteiger partial charge in [0, 0.05) is 24.8 Å². The van der Waals surface area contributed by atoms with Gasteiger partial charge in [-0.15, -0.1) is 12.4 Å². The lowest BCUT2D eigenvalue weighted by Crippen LogP contribution is -2.39. The second-order valence-corrected chi connectivity index (χ2v) is 7.01. The van der Waals surface area contributed by atoms with Gasteiger partial charge in [0.25, 0.3) is 5.91 Å². The first-order chi connectivity index (χ1) is 14.0. The van der Waals surface area contributed by atoms with Crippen LogP contribution in [0.4, 0.5) is 5.69 Å². The smallest absolute Gasteiger partial charge is 0.264 e. The van der Waals surface area contributed by atoms with E-state index < -0.39 is 0 Å². The van der Waals surface area contributed by atoms with Crippen molar-refractivity contribution in [2.24, 2.45) is 0 Å². The Bertz CT molecular complexity index is 753. The Morgan fingerprint density at radius 2 is 1.60 bits per heavy atom. The number of halogens is 1. The average Bonchev–Trinajstić information content (AvgIpc) is 2.73. The molecule has 0 fully saturated rings. The van der Waals surface area contributed by atoms with Crippen LogP contribution in [-0.2, 0) is 4.79 Å². The van der Waals surface area contributed by atoms with E-state index in [9.17, 15) is 4.79 Å². The van der Waals surface area contributed by atoms with Crippen LogP contribution in [0.5, 0.6) is 17.2 Å². The highest BCUT2D eigenvalue weighted by atomic mass is 35.5. The SMILES string of the molecule is CCCCOc1ccc(OCC(=O)N(CCN(C)C)c2cccc(OC)c2)cc1.Cl. The van der Waals surface area contributed by atoms with Crippen LogP contribution >= 0.6 is 12.4 Å². The van der Waals surface area contributed by atoms with Crippen molar-refractivity contribution in [2.75, 3.05) is 52.4 Å². The first-order valence-electron chi connectivity index (χ1n) is 9.98. The molecule has 0 N–H and O–H groups in total. The molecule has 6 nitrogen and oxygen atoms in total. The van der Waals surface area contributed by atoms with Gasteiger partial charge in [0.15, 0.2) is 6.61 Å². The van der Waals surface area contributed by atoms with Crippen LogP contribution < -0.4 is 19.1 Å². The molecule has 0 aliphatic heterocycles. The maximum atomic E-state index is 12.9. The molecule has 0 bridgehead atoms. The summed E-state index contributed by atoms with van der Waals surface area (Å²) in [7, 11) is 5.58. The first-order valence-corrected chi connectivity index (χ1v) is 9.98. The molecule has 0 saturated heterocycles. The highest BCUT2D eigenvalue weighted by molar-refractivity contribution is 5.94. The molecule has 2 aromatic carbocycles. The first kappa shape index (κ1) is 25.6. The Morgan fingerprint density at radius 1 is 0.933 bits per heavy atom. The van der Waals surface area contributed by atoms with Gasteiger partial charge in [0.1, 0.15) is 17.2 Å². The Morgan fingerprint density at radius 3 is 2.20 bits per heavy atom. The fourth-order valence-electron chi connectivity index (χ4n) is 2.67. The van der Waals surface area contributed by atoms with Crippen LogP contribution in [0.15, 0.2) is 48.5 Å². The van der Waals surface area contributed by atoms with Gasteiger partial charge < -0.3 is 24.0 Å². The molecule has 0 aliphatic rings. The predicted octanol–water partition coefficient (Wildman–Crippen LogP) is 4.27. The lowest BCUT2D eigenvalue weighted by molar-refractivity contribution is -0.120. The van der Waals surface area contributed by atoms with E-state index in [1.54, 1.807) is 12.0 Å². The molecule has 0 aromatic heterocycles. The molecule has 0 heterocycles. The van der Waals surface area contributed by atoms with Crippen LogP contribution in [-0.4, -0.2) is 58.3 Å². The number of likely N-dealkylation sites (N-methyl/N-ethyl adjacent to an activating group) is 1. The third kappa shape index (κ3) is 8.51. The van der Waals surface area contributed by atoms with Gasteiger partial charge in [-0.3, -0.25) is 4.79 Å². The lowest BCUT2D eigenvalue weighted by Gasteiger charge is -2.25. The van der Waals surface area contributed by atoms with Crippen molar-refractivity contribution in [3.8, 4) is 17.2 Å². The Kier molecular flexibility index (Phi) is 11.7. The number of carbonyl (C=O) groups is 1. The number of anilines is 1. The van der Waals surface area contributed by atoms with E-state index in [0.717, 1.165) is 30.8 Å². The van der Waals surface area contributed by atoms with Crippen LogP contribution in [0.3, 0.4) is 0 Å². The molecule has 30 heavy (non-hydrogen) atoms. The van der Waals surface area contributed by atoms with E-state index in [1.807, 2.05) is 67.5 Å². The van der Waals surface area contributed by atoms with Gasteiger partial charge in [-0.1, -0.05) is 19.4 Å². The van der Waals surface area contributed by atoms with Crippen molar-refractivity contribution in [3.63, 3.8) is 0 Å². The van der Waals surface area contributed by atoms with Gasteiger partial charge in [-0.2, -0.15) is 0 Å². The summed E-state index contributed by atoms with van der Waals surface area (Å²) < 4.78 is 16.7. The number of carbonyl (C=O) groups excluding carboxylic acids is 1. The minimum atomic E-state index is -0.108. The number of rotatable bonds is 12. The Labute approximate surface area is 186 Å². The molecular weight excluding hydrogens is 404 g/mol. The van der Waals surface area contributed by atoms with Gasteiger partial charge >= 0.3 is 0 Å². The van der Waals surface area contributed by atoms with E-state index in [2.05, 4.69) is 6.92 Å². The van der Waals surface area contributed by atoms with Gasteiger partial charge in [0.05, 0.1) is 13.7 Å². The van der Waals surface area contributed by atoms with Gasteiger partial charge in [-0.25, -0.2) is 0 Å². The fraction of sp³-hybridized carbons (Fsp3) is 0.435. The predicted molar refractivity (Wildman–Crippen MR) is 123 cm³/mol. The summed E-state index contributed by atoms with van der Waals surface area (Å²) in [5, 5.41) is 0. The van der Waals surface area contributed by atoms with Crippen LogP contribution in [0.1, 0.15) is 19.8 Å². The standard InChI is InChI=1S/C23H32N2O4.ClH/c1-5-6-16-28-20-10-12-21(13-11-20)29-18-23(26)25(15-14-24(2)3)19-8-7-9-22(17-19)27-4;/h7-13,17H,5-6,14-16,18H2,1-4H3;1H. The molecule has 1 amide bonds. The summed E-state index contributed by atoms with van der Waals surface area (Å²) in [6.45, 7) is 4.10. The van der Waals surface area contributed by atoms with Crippen LogP contribution in [0.2, 0.25) is 0 Å². The number of nitrogens with zero attached hydrogens (tertiary/aromatic N) is 2. The van der Waals surface area contributed by atoms with Crippen molar-refractivity contribution >= 4 is 24.0 Å². The fourth-order valence-corrected chi connectivity index (χ4v) is 2.67. The molecule has 0 radical (unpaired) electrons. The third-order valence-electron chi connectivity index (χ3n) is 4.39. The second-order valence-electron chi connectivity index (χ2n) is 7.01. The summed E-state index contributed by atoms with van der Waals surface area (Å²) >= 11 is 0. The number of unbranched alkanes of at least 4 members (excludes halogenated alkanes) is 1. The number of hydrogen-bond acceptors (Lipinski definition) is 5. The van der Waals surface area contributed by atoms with Gasteiger partial charge in [0.2, 0.25) is 0 Å². The molecule has 2 rings (SSSR count). The van der Waals surface area contributed by atoms with Crippen LogP contribution in [0, 0.1) is 0 Å². The topological polar surface area (TPSA) is 51.2 Å². The highest BCUT2D eigenvalue weighted by Crippen LogP contribution is 2.22. The molecule has 0 atom stereocenters. The zero-order valence-corrected chi connectivity index (χ0v) is 19.1. The van der Waals surface area contributed by atoms with Crippen molar-refractivity contribution in [3.05, 3.63) is 48.5 Å². The quantitative estimate of drug-likeness (QED) is 0.465. The van der Waals surface area contributed by atoms with E-state index in [4.69, 9.17) is 14.2 Å². The summed E-state index contributed by atoms with van der Waals surface area (Å²) in [6, 6.07) is 14.9. The molecule has 0 aliphatic carbocycles. The number of benzene rings is 2. The zero-order chi connectivity index (χ0) is 21.1. The van der Waals surface area contributed by atoms with Crippen molar-refractivity contribution in [2.45, 2.75) is 19.8 Å². The molecule has 2 aromatic rings. The highest BCUT2D eigenvalue weighted by Gasteiger charge is 2.17. The Balaban J connectivity index is 0.00000450. The lowest BCUT2D eigenvalue weighted by atomic mass is 10.2. The minimum absolute atomic E-state index is 0. The second kappa shape index (κ2) is 13.7. The van der Waals surface area contributed by atoms with Crippen molar-refractivity contribution in [1.29, 1.82) is 0 Å². The molecule has 0 saturated carbocycles. The third-order valence-corrected chi connectivity index (χ3v) is 4.39. The van der Waals surface area contributed by atoms with E-state index in [-0.39, 0.29) is 24.9 Å². The molecule has 0 spiro atoms. The summed E-state index contributed by atoms with van der Waals surface area (Å²) in [5.41, 5.74) is 0.791. The van der Waals surface area contributed by atoms with Crippen LogP contribution in [0.25, 0.3) is 0 Å². The van der Waals surface area contributed by atoms with E-state index in [1.165, 1.54) is 0 Å². The van der Waals surface area contributed by atoms with E-state index >= 15 is 0 Å². The number of ether oxygens (including phenoxy) is 3. The number of amides is 1. The monoisotopic (exact) mass is 436 g/mol. The molecule has 166 valence electrons. The molecule has 0 unspecified atom stereocenters. The summed E-state index contributed by atoms with van der Waals surface area (Å²) in [4.78, 5) is 16.7. The summed E-state index contributed by atoms with van der Waals surface area (Å²) in [5.74, 6) is 2.05. The summed E-state index contributed by atoms with van der Waals surface area (Å²) in [6.07, 6.45) is 2.13. The maximum Gasteiger partial charge on any atom is 0.264 e. The molecule has 7 heteroatoms. The van der Waals surface area contributed by atoms with E-state index in [0.29, 0.717) is 24.7 Å². The number of methoxy groups -OCH3 is 1.